The van der Waals surface area contributed by atoms with Crippen molar-refractivity contribution in [1.82, 2.24) is 0 Å². The molecular weight excluding hydrogens is 106 g/mol. The zero-order chi connectivity index (χ0) is 6.78. The standard InChI is InChI=1S/C5H13NO2/c1-4(8-6)5(2,3)7/h4,7H,6H2,1-3H3. The van der Waals surface area contributed by atoms with Crippen LogP contribution in [0.3, 0.4) is 0 Å². The average Bonchev–Trinajstić information content (AvgIpc) is 1.62. The molecule has 8 heavy (non-hydrogen) atoms. The van der Waals surface area contributed by atoms with E-state index >= 15 is 0 Å². The molecule has 0 aliphatic carbocycles. The van der Waals surface area contributed by atoms with Crippen LogP contribution in [0.5, 0.6) is 0 Å². The van der Waals surface area contributed by atoms with Crippen molar-refractivity contribution in [2.45, 2.75) is 32.5 Å². The summed E-state index contributed by atoms with van der Waals surface area (Å²) in [6.07, 6.45) is -0.317. The number of hydrogen-bond acceptors (Lipinski definition) is 3. The number of aliphatic hydroxyl groups is 1. The Bertz CT molecular complexity index is 67.3. The smallest absolute Gasteiger partial charge is 0.104 e. The van der Waals surface area contributed by atoms with E-state index in [1.165, 1.54) is 0 Å². The fourth-order valence-corrected chi connectivity index (χ4v) is 0.167. The van der Waals surface area contributed by atoms with E-state index in [9.17, 15) is 0 Å². The maximum Gasteiger partial charge on any atom is 0.104 e. The summed E-state index contributed by atoms with van der Waals surface area (Å²) in [5.74, 6) is 4.80. The molecule has 0 aromatic heterocycles. The fraction of sp³-hybridized carbons (Fsp3) is 1.00. The quantitative estimate of drug-likeness (QED) is 0.504. The molecule has 3 nitrogen and oxygen atoms in total. The molecule has 0 spiro atoms. The van der Waals surface area contributed by atoms with E-state index in [2.05, 4.69) is 4.84 Å². The van der Waals surface area contributed by atoms with Crippen LogP contribution >= 0.6 is 0 Å². The first-order valence-electron chi connectivity index (χ1n) is 2.56. The summed E-state index contributed by atoms with van der Waals surface area (Å²) in [4.78, 5) is 4.36. The van der Waals surface area contributed by atoms with Gasteiger partial charge in [-0.2, -0.15) is 0 Å². The summed E-state index contributed by atoms with van der Waals surface area (Å²) in [5, 5.41) is 9.08. The third kappa shape index (κ3) is 2.26. The van der Waals surface area contributed by atoms with E-state index in [0.717, 1.165) is 0 Å². The van der Waals surface area contributed by atoms with E-state index in [-0.39, 0.29) is 6.10 Å². The Kier molecular flexibility index (Phi) is 2.40. The third-order valence-corrected chi connectivity index (χ3v) is 1.20. The van der Waals surface area contributed by atoms with E-state index < -0.39 is 5.60 Å². The Labute approximate surface area is 49.4 Å². The van der Waals surface area contributed by atoms with Gasteiger partial charge in [-0.05, 0) is 20.8 Å². The van der Waals surface area contributed by atoms with E-state index in [0.29, 0.717) is 0 Å². The highest BCUT2D eigenvalue weighted by Crippen LogP contribution is 2.08. The van der Waals surface area contributed by atoms with Crippen molar-refractivity contribution in [2.75, 3.05) is 0 Å². The summed E-state index contributed by atoms with van der Waals surface area (Å²) in [6.45, 7) is 5.00. The molecule has 0 fully saturated rings. The predicted octanol–water partition coefficient (Wildman–Crippen LogP) is 0.0361. The van der Waals surface area contributed by atoms with Crippen LogP contribution in [-0.2, 0) is 4.84 Å². The Morgan fingerprint density at radius 1 is 1.62 bits per heavy atom. The summed E-state index contributed by atoms with van der Waals surface area (Å²) in [7, 11) is 0. The molecule has 0 bridgehead atoms. The normalized spacial score (nSPS) is 16.1. The number of rotatable bonds is 2. The predicted molar refractivity (Wildman–Crippen MR) is 31.0 cm³/mol. The van der Waals surface area contributed by atoms with Crippen LogP contribution in [0, 0.1) is 0 Å². The van der Waals surface area contributed by atoms with Gasteiger partial charge in [0.15, 0.2) is 0 Å². The van der Waals surface area contributed by atoms with Crippen LogP contribution in [0.25, 0.3) is 0 Å². The zero-order valence-corrected chi connectivity index (χ0v) is 5.51. The first kappa shape index (κ1) is 7.88. The molecule has 0 aromatic carbocycles. The van der Waals surface area contributed by atoms with E-state index in [4.69, 9.17) is 11.0 Å². The van der Waals surface area contributed by atoms with Crippen LogP contribution < -0.4 is 5.90 Å². The molecule has 50 valence electrons. The molecule has 0 heterocycles. The van der Waals surface area contributed by atoms with Crippen LogP contribution in [-0.4, -0.2) is 16.8 Å². The minimum atomic E-state index is -0.839. The summed E-state index contributed by atoms with van der Waals surface area (Å²) < 4.78 is 0. The molecule has 3 heteroatoms. The van der Waals surface area contributed by atoms with Gasteiger partial charge in [-0.15, -0.1) is 0 Å². The molecule has 0 rings (SSSR count). The summed E-state index contributed by atoms with van der Waals surface area (Å²) in [5.41, 5.74) is -0.839. The number of hydrogen-bond donors (Lipinski definition) is 2. The van der Waals surface area contributed by atoms with Crippen LogP contribution in [0.1, 0.15) is 20.8 Å². The highest BCUT2D eigenvalue weighted by atomic mass is 16.6. The minimum Gasteiger partial charge on any atom is -0.388 e. The van der Waals surface area contributed by atoms with Gasteiger partial charge in [0.25, 0.3) is 0 Å². The van der Waals surface area contributed by atoms with Crippen LogP contribution in [0.2, 0.25) is 0 Å². The third-order valence-electron chi connectivity index (χ3n) is 1.20. The lowest BCUT2D eigenvalue weighted by atomic mass is 10.0. The van der Waals surface area contributed by atoms with Gasteiger partial charge < -0.3 is 5.11 Å². The Morgan fingerprint density at radius 3 is 2.00 bits per heavy atom. The lowest BCUT2D eigenvalue weighted by Crippen LogP contribution is -2.37. The largest absolute Gasteiger partial charge is 0.388 e. The second-order valence-electron chi connectivity index (χ2n) is 2.43. The highest BCUT2D eigenvalue weighted by Gasteiger charge is 2.21. The molecule has 0 saturated carbocycles. The Hall–Kier alpha value is -0.120. The molecule has 0 amide bonds. The fourth-order valence-electron chi connectivity index (χ4n) is 0.167. The van der Waals surface area contributed by atoms with Crippen molar-refractivity contribution < 1.29 is 9.94 Å². The lowest BCUT2D eigenvalue weighted by Gasteiger charge is -2.22. The van der Waals surface area contributed by atoms with Gasteiger partial charge in [0.05, 0.1) is 5.60 Å². The van der Waals surface area contributed by atoms with E-state index in [1.807, 2.05) is 0 Å². The monoisotopic (exact) mass is 119 g/mol. The maximum atomic E-state index is 9.08. The van der Waals surface area contributed by atoms with Crippen LogP contribution in [0.4, 0.5) is 0 Å². The second-order valence-corrected chi connectivity index (χ2v) is 2.43. The molecule has 0 saturated heterocycles. The molecule has 1 unspecified atom stereocenters. The minimum absolute atomic E-state index is 0.317. The van der Waals surface area contributed by atoms with Gasteiger partial charge in [0.2, 0.25) is 0 Å². The molecular formula is C5H13NO2. The van der Waals surface area contributed by atoms with Gasteiger partial charge in [-0.25, -0.2) is 5.90 Å². The van der Waals surface area contributed by atoms with Gasteiger partial charge >= 0.3 is 0 Å². The second kappa shape index (κ2) is 2.44. The van der Waals surface area contributed by atoms with Crippen molar-refractivity contribution >= 4 is 0 Å². The molecule has 0 aliphatic rings. The summed E-state index contributed by atoms with van der Waals surface area (Å²) >= 11 is 0. The first-order valence-corrected chi connectivity index (χ1v) is 2.56. The molecule has 3 N–H and O–H groups in total. The van der Waals surface area contributed by atoms with Crippen LogP contribution in [0.15, 0.2) is 0 Å². The van der Waals surface area contributed by atoms with Gasteiger partial charge in [-0.3, -0.25) is 4.84 Å². The SMILES string of the molecule is CC(ON)C(C)(C)O. The average molecular weight is 119 g/mol. The zero-order valence-electron chi connectivity index (χ0n) is 5.51. The Morgan fingerprint density at radius 2 is 2.00 bits per heavy atom. The van der Waals surface area contributed by atoms with Crippen molar-refractivity contribution in [2.24, 2.45) is 5.90 Å². The highest BCUT2D eigenvalue weighted by molar-refractivity contribution is 4.72. The van der Waals surface area contributed by atoms with Gasteiger partial charge in [0.1, 0.15) is 6.10 Å². The molecule has 1 atom stereocenters. The first-order chi connectivity index (χ1) is 3.48. The summed E-state index contributed by atoms with van der Waals surface area (Å²) in [6, 6.07) is 0. The maximum absolute atomic E-state index is 9.08. The molecule has 0 aromatic rings. The van der Waals surface area contributed by atoms with Crippen molar-refractivity contribution in [3.05, 3.63) is 0 Å². The van der Waals surface area contributed by atoms with Gasteiger partial charge in [0, 0.05) is 0 Å². The van der Waals surface area contributed by atoms with E-state index in [1.54, 1.807) is 20.8 Å². The van der Waals surface area contributed by atoms with Crippen molar-refractivity contribution in [3.8, 4) is 0 Å². The van der Waals surface area contributed by atoms with Crippen molar-refractivity contribution in [1.29, 1.82) is 0 Å². The molecule has 0 aliphatic heterocycles. The van der Waals surface area contributed by atoms with Crippen molar-refractivity contribution in [3.63, 3.8) is 0 Å². The molecule has 0 radical (unpaired) electrons. The topological polar surface area (TPSA) is 55.5 Å². The Balaban J connectivity index is 3.62. The van der Waals surface area contributed by atoms with Gasteiger partial charge in [-0.1, -0.05) is 0 Å². The lowest BCUT2D eigenvalue weighted by molar-refractivity contribution is -0.0800. The number of nitrogens with two attached hydrogens (primary N) is 1.